The van der Waals surface area contributed by atoms with Crippen molar-refractivity contribution in [3.8, 4) is 0 Å². The summed E-state index contributed by atoms with van der Waals surface area (Å²) in [5.74, 6) is 0. The number of aliphatic hydroxyl groups is 1. The Morgan fingerprint density at radius 3 is 2.18 bits per heavy atom. The van der Waals surface area contributed by atoms with Crippen LogP contribution >= 0.6 is 0 Å². The third-order valence-electron chi connectivity index (χ3n) is 4.20. The molecule has 94 valence electrons. The maximum Gasteiger partial charge on any atom is 0.0900 e. The number of aryl methyl sites for hydroxylation is 3. The second kappa shape index (κ2) is 4.43. The lowest BCUT2D eigenvalue weighted by molar-refractivity contribution is -0.00555. The average molecular weight is 233 g/mol. The van der Waals surface area contributed by atoms with Crippen molar-refractivity contribution in [3.05, 3.63) is 34.4 Å². The van der Waals surface area contributed by atoms with Crippen LogP contribution in [0.4, 0.5) is 0 Å². The molecule has 17 heavy (non-hydrogen) atoms. The normalized spacial score (nSPS) is 29.4. The van der Waals surface area contributed by atoms with Gasteiger partial charge in [-0.2, -0.15) is 0 Å². The van der Waals surface area contributed by atoms with Crippen molar-refractivity contribution < 1.29 is 5.11 Å². The molecule has 1 fully saturated rings. The lowest BCUT2D eigenvalue weighted by Crippen LogP contribution is -2.37. The van der Waals surface area contributed by atoms with Crippen molar-refractivity contribution in [2.24, 2.45) is 5.73 Å². The van der Waals surface area contributed by atoms with Gasteiger partial charge in [-0.25, -0.2) is 0 Å². The molecule has 1 aliphatic carbocycles. The SMILES string of the molecule is Cc1cc(C)c(C2(O)CCC(N)CC2)cc1C. The Morgan fingerprint density at radius 2 is 1.59 bits per heavy atom. The molecule has 2 nitrogen and oxygen atoms in total. The van der Waals surface area contributed by atoms with E-state index in [0.717, 1.165) is 31.2 Å². The minimum Gasteiger partial charge on any atom is -0.385 e. The van der Waals surface area contributed by atoms with E-state index in [0.29, 0.717) is 0 Å². The van der Waals surface area contributed by atoms with Crippen LogP contribution in [0.15, 0.2) is 12.1 Å². The Bertz CT molecular complexity index is 417. The van der Waals surface area contributed by atoms with E-state index in [1.165, 1.54) is 16.7 Å². The smallest absolute Gasteiger partial charge is 0.0900 e. The highest BCUT2D eigenvalue weighted by Gasteiger charge is 2.34. The molecule has 0 heterocycles. The molecule has 0 unspecified atom stereocenters. The van der Waals surface area contributed by atoms with E-state index in [4.69, 9.17) is 5.73 Å². The molecule has 2 heteroatoms. The van der Waals surface area contributed by atoms with Gasteiger partial charge >= 0.3 is 0 Å². The molecule has 0 radical (unpaired) electrons. The summed E-state index contributed by atoms with van der Waals surface area (Å²) < 4.78 is 0. The van der Waals surface area contributed by atoms with Gasteiger partial charge in [-0.15, -0.1) is 0 Å². The second-order valence-corrected chi connectivity index (χ2v) is 5.62. The van der Waals surface area contributed by atoms with Crippen LogP contribution in [-0.2, 0) is 5.60 Å². The average Bonchev–Trinajstić information content (AvgIpc) is 2.28. The molecular weight excluding hydrogens is 210 g/mol. The van der Waals surface area contributed by atoms with E-state index < -0.39 is 5.60 Å². The minimum atomic E-state index is -0.654. The van der Waals surface area contributed by atoms with Crippen LogP contribution in [-0.4, -0.2) is 11.1 Å². The topological polar surface area (TPSA) is 46.2 Å². The highest BCUT2D eigenvalue weighted by Crippen LogP contribution is 2.38. The first-order chi connectivity index (χ1) is 7.92. The van der Waals surface area contributed by atoms with E-state index in [1.807, 2.05) is 0 Å². The van der Waals surface area contributed by atoms with Gasteiger partial charge in [-0.3, -0.25) is 0 Å². The molecule has 0 amide bonds. The maximum absolute atomic E-state index is 10.8. The zero-order valence-corrected chi connectivity index (χ0v) is 11.1. The number of hydrogen-bond acceptors (Lipinski definition) is 2. The molecule has 1 aromatic carbocycles. The molecule has 1 aliphatic rings. The number of benzene rings is 1. The van der Waals surface area contributed by atoms with Crippen molar-refractivity contribution in [2.45, 2.75) is 58.1 Å². The van der Waals surface area contributed by atoms with Crippen molar-refractivity contribution >= 4 is 0 Å². The first-order valence-electron chi connectivity index (χ1n) is 6.49. The fourth-order valence-electron chi connectivity index (χ4n) is 2.85. The number of nitrogens with two attached hydrogens (primary N) is 1. The van der Waals surface area contributed by atoms with Crippen LogP contribution < -0.4 is 5.73 Å². The lowest BCUT2D eigenvalue weighted by atomic mass is 9.76. The fourth-order valence-corrected chi connectivity index (χ4v) is 2.85. The fraction of sp³-hybridized carbons (Fsp3) is 0.600. The molecule has 0 aromatic heterocycles. The summed E-state index contributed by atoms with van der Waals surface area (Å²) in [4.78, 5) is 0. The zero-order chi connectivity index (χ0) is 12.6. The van der Waals surface area contributed by atoms with Gasteiger partial charge in [-0.1, -0.05) is 12.1 Å². The zero-order valence-electron chi connectivity index (χ0n) is 11.1. The molecule has 2 rings (SSSR count). The highest BCUT2D eigenvalue weighted by atomic mass is 16.3. The quantitative estimate of drug-likeness (QED) is 0.783. The van der Waals surface area contributed by atoms with Crippen LogP contribution in [0.1, 0.15) is 47.9 Å². The van der Waals surface area contributed by atoms with Crippen LogP contribution in [0.3, 0.4) is 0 Å². The maximum atomic E-state index is 10.8. The predicted octanol–water partition coefficient (Wildman–Crippen LogP) is 2.70. The third-order valence-corrected chi connectivity index (χ3v) is 4.20. The van der Waals surface area contributed by atoms with Gasteiger partial charge in [0.2, 0.25) is 0 Å². The summed E-state index contributed by atoms with van der Waals surface area (Å²) >= 11 is 0. The van der Waals surface area contributed by atoms with Crippen molar-refractivity contribution in [1.82, 2.24) is 0 Å². The van der Waals surface area contributed by atoms with Crippen molar-refractivity contribution in [1.29, 1.82) is 0 Å². The van der Waals surface area contributed by atoms with Crippen LogP contribution in [0.2, 0.25) is 0 Å². The summed E-state index contributed by atoms with van der Waals surface area (Å²) in [6, 6.07) is 4.60. The Kier molecular flexibility index (Phi) is 3.28. The number of rotatable bonds is 1. The monoisotopic (exact) mass is 233 g/mol. The Balaban J connectivity index is 2.36. The van der Waals surface area contributed by atoms with Gasteiger partial charge in [0.05, 0.1) is 5.60 Å². The van der Waals surface area contributed by atoms with E-state index in [-0.39, 0.29) is 6.04 Å². The van der Waals surface area contributed by atoms with Crippen molar-refractivity contribution in [2.75, 3.05) is 0 Å². The molecule has 0 bridgehead atoms. The minimum absolute atomic E-state index is 0.266. The standard InChI is InChI=1S/C15H23NO/c1-10-8-12(3)14(9-11(10)2)15(17)6-4-13(16)5-7-15/h8-9,13,17H,4-7,16H2,1-3H3. The van der Waals surface area contributed by atoms with Gasteiger partial charge in [0.15, 0.2) is 0 Å². The third kappa shape index (κ3) is 2.38. The molecule has 0 saturated heterocycles. The molecule has 0 aliphatic heterocycles. The van der Waals surface area contributed by atoms with Gasteiger partial charge in [0.25, 0.3) is 0 Å². The summed E-state index contributed by atoms with van der Waals surface area (Å²) in [5.41, 5.74) is 10.1. The van der Waals surface area contributed by atoms with E-state index in [2.05, 4.69) is 32.9 Å². The van der Waals surface area contributed by atoms with Gasteiger partial charge in [0.1, 0.15) is 0 Å². The molecule has 0 spiro atoms. The molecular formula is C15H23NO. The highest BCUT2D eigenvalue weighted by molar-refractivity contribution is 5.40. The number of hydrogen-bond donors (Lipinski definition) is 2. The molecule has 1 saturated carbocycles. The van der Waals surface area contributed by atoms with Crippen molar-refractivity contribution in [3.63, 3.8) is 0 Å². The Morgan fingerprint density at radius 1 is 1.06 bits per heavy atom. The Labute approximate surface area is 104 Å². The van der Waals surface area contributed by atoms with E-state index >= 15 is 0 Å². The molecule has 1 aromatic rings. The summed E-state index contributed by atoms with van der Waals surface area (Å²) in [6.45, 7) is 6.32. The summed E-state index contributed by atoms with van der Waals surface area (Å²) in [7, 11) is 0. The Hall–Kier alpha value is -0.860. The summed E-state index contributed by atoms with van der Waals surface area (Å²) in [6.07, 6.45) is 3.42. The summed E-state index contributed by atoms with van der Waals surface area (Å²) in [5, 5.41) is 10.8. The van der Waals surface area contributed by atoms with Gasteiger partial charge < -0.3 is 10.8 Å². The van der Waals surface area contributed by atoms with E-state index in [9.17, 15) is 5.11 Å². The first kappa shape index (κ1) is 12.6. The first-order valence-corrected chi connectivity index (χ1v) is 6.49. The lowest BCUT2D eigenvalue weighted by Gasteiger charge is -2.36. The van der Waals surface area contributed by atoms with Crippen LogP contribution in [0.5, 0.6) is 0 Å². The van der Waals surface area contributed by atoms with Gasteiger partial charge in [-0.05, 0) is 68.7 Å². The predicted molar refractivity (Wildman–Crippen MR) is 71.0 cm³/mol. The molecule has 0 atom stereocenters. The van der Waals surface area contributed by atoms with E-state index in [1.54, 1.807) is 0 Å². The molecule has 3 N–H and O–H groups in total. The van der Waals surface area contributed by atoms with Gasteiger partial charge in [0, 0.05) is 6.04 Å². The largest absolute Gasteiger partial charge is 0.385 e. The van der Waals surface area contributed by atoms with Crippen LogP contribution in [0.25, 0.3) is 0 Å². The second-order valence-electron chi connectivity index (χ2n) is 5.62. The van der Waals surface area contributed by atoms with Crippen LogP contribution in [0, 0.1) is 20.8 Å².